The van der Waals surface area contributed by atoms with Gasteiger partial charge in [0.25, 0.3) is 0 Å². The van der Waals surface area contributed by atoms with Gasteiger partial charge in [-0.25, -0.2) is 4.98 Å². The Kier molecular flexibility index (Phi) is 3.97. The Hall–Kier alpha value is -2.35. The number of nitrogens with one attached hydrogen (secondary N) is 2. The second kappa shape index (κ2) is 6.27. The van der Waals surface area contributed by atoms with Crippen LogP contribution in [0.3, 0.4) is 0 Å². The zero-order valence-corrected chi connectivity index (χ0v) is 14.1. The van der Waals surface area contributed by atoms with E-state index in [0.717, 1.165) is 37.9 Å². The molecule has 2 fully saturated rings. The third kappa shape index (κ3) is 3.14. The Labute approximate surface area is 141 Å². The van der Waals surface area contributed by atoms with Crippen LogP contribution in [0.25, 0.3) is 0 Å². The largest absolute Gasteiger partial charge is 0.491 e. The van der Waals surface area contributed by atoms with Crippen LogP contribution in [0.2, 0.25) is 0 Å². The molecule has 0 aromatic carbocycles. The van der Waals surface area contributed by atoms with E-state index in [4.69, 9.17) is 4.74 Å². The number of rotatable bonds is 5. The van der Waals surface area contributed by atoms with E-state index in [2.05, 4.69) is 48.4 Å². The highest BCUT2D eigenvalue weighted by molar-refractivity contribution is 5.61. The molecule has 0 spiro atoms. The number of aromatic nitrogens is 4. The lowest BCUT2D eigenvalue weighted by molar-refractivity contribution is 0.311. The summed E-state index contributed by atoms with van der Waals surface area (Å²) in [4.78, 5) is 13.6. The molecule has 1 aliphatic carbocycles. The number of ether oxygens (including phenoxy) is 1. The molecule has 1 saturated carbocycles. The van der Waals surface area contributed by atoms with Crippen molar-refractivity contribution >= 4 is 17.6 Å². The first-order chi connectivity index (χ1) is 11.7. The first-order valence-electron chi connectivity index (χ1n) is 8.40. The van der Waals surface area contributed by atoms with Gasteiger partial charge in [-0.15, -0.1) is 0 Å². The van der Waals surface area contributed by atoms with E-state index >= 15 is 0 Å². The average Bonchev–Trinajstić information content (AvgIpc) is 3.35. The molecule has 1 saturated heterocycles. The molecule has 0 radical (unpaired) electrons. The summed E-state index contributed by atoms with van der Waals surface area (Å²) in [6, 6.07) is 2.05. The molecule has 8 heteroatoms. The average molecular weight is 329 g/mol. The molecular formula is C16H23N7O. The van der Waals surface area contributed by atoms with E-state index in [0.29, 0.717) is 17.5 Å². The highest BCUT2D eigenvalue weighted by atomic mass is 16.5. The maximum absolute atomic E-state index is 5.39. The highest BCUT2D eigenvalue weighted by Gasteiger charge is 2.26. The third-order valence-corrected chi connectivity index (χ3v) is 4.61. The second-order valence-corrected chi connectivity index (χ2v) is 6.49. The molecule has 24 heavy (non-hydrogen) atoms. The molecule has 1 aliphatic heterocycles. The zero-order chi connectivity index (χ0) is 16.5. The standard InChI is InChI=1S/C16H23N7O/c1-22-5-7-23(8-6-22)16-17-10-13(24-2)15(19-16)18-14-9-12(20-21-14)11-3-4-11/h9-11H,3-8H2,1-2H3,(H2,17,18,19,20,21). The molecule has 128 valence electrons. The normalized spacial score (nSPS) is 18.7. The molecule has 0 amide bonds. The zero-order valence-electron chi connectivity index (χ0n) is 14.1. The minimum atomic E-state index is 0.615. The monoisotopic (exact) mass is 329 g/mol. The van der Waals surface area contributed by atoms with Gasteiger partial charge in [-0.05, 0) is 19.9 Å². The number of aromatic amines is 1. The quantitative estimate of drug-likeness (QED) is 0.862. The second-order valence-electron chi connectivity index (χ2n) is 6.49. The molecule has 2 N–H and O–H groups in total. The van der Waals surface area contributed by atoms with Crippen molar-refractivity contribution in [3.8, 4) is 5.75 Å². The van der Waals surface area contributed by atoms with Gasteiger partial charge in [-0.1, -0.05) is 0 Å². The summed E-state index contributed by atoms with van der Waals surface area (Å²) in [5.74, 6) is 3.39. The molecule has 8 nitrogen and oxygen atoms in total. The third-order valence-electron chi connectivity index (χ3n) is 4.61. The molecule has 3 heterocycles. The molecular weight excluding hydrogens is 306 g/mol. The van der Waals surface area contributed by atoms with Crippen molar-refractivity contribution in [1.29, 1.82) is 0 Å². The maximum atomic E-state index is 5.39. The number of H-pyrrole nitrogens is 1. The number of hydrogen-bond acceptors (Lipinski definition) is 7. The fraction of sp³-hybridized carbons (Fsp3) is 0.562. The molecule has 2 aromatic rings. The Morgan fingerprint density at radius 2 is 2.04 bits per heavy atom. The Balaban J connectivity index is 1.54. The maximum Gasteiger partial charge on any atom is 0.227 e. The highest BCUT2D eigenvalue weighted by Crippen LogP contribution is 2.40. The summed E-state index contributed by atoms with van der Waals surface area (Å²) in [5.41, 5.74) is 1.19. The van der Waals surface area contributed by atoms with Gasteiger partial charge >= 0.3 is 0 Å². The Bertz CT molecular complexity index is 704. The predicted molar refractivity (Wildman–Crippen MR) is 92.1 cm³/mol. The van der Waals surface area contributed by atoms with Gasteiger partial charge < -0.3 is 19.9 Å². The molecule has 0 bridgehead atoms. The van der Waals surface area contributed by atoms with Gasteiger partial charge in [0.15, 0.2) is 17.4 Å². The first kappa shape index (κ1) is 15.2. The topological polar surface area (TPSA) is 82.2 Å². The number of likely N-dealkylation sites (N-methyl/N-ethyl adjacent to an activating group) is 1. The number of piperazine rings is 1. The SMILES string of the molecule is COc1cnc(N2CCN(C)CC2)nc1Nc1cc(C2CC2)[nH]n1. The van der Waals surface area contributed by atoms with Crippen LogP contribution in [0.4, 0.5) is 17.6 Å². The molecule has 2 aliphatic rings. The summed E-state index contributed by atoms with van der Waals surface area (Å²) in [7, 11) is 3.76. The number of anilines is 3. The fourth-order valence-corrected chi connectivity index (χ4v) is 2.88. The van der Waals surface area contributed by atoms with Crippen LogP contribution in [0.5, 0.6) is 5.75 Å². The van der Waals surface area contributed by atoms with Crippen molar-refractivity contribution in [3.63, 3.8) is 0 Å². The van der Waals surface area contributed by atoms with E-state index in [-0.39, 0.29) is 0 Å². The summed E-state index contributed by atoms with van der Waals surface area (Å²) in [6.07, 6.45) is 4.20. The van der Waals surface area contributed by atoms with Crippen LogP contribution in [-0.4, -0.2) is 65.4 Å². The van der Waals surface area contributed by atoms with Crippen LogP contribution in [0.1, 0.15) is 24.5 Å². The van der Waals surface area contributed by atoms with Gasteiger partial charge in [-0.3, -0.25) is 5.10 Å². The lowest BCUT2D eigenvalue weighted by atomic mass is 10.3. The number of nitrogens with zero attached hydrogens (tertiary/aromatic N) is 5. The smallest absolute Gasteiger partial charge is 0.227 e. The van der Waals surface area contributed by atoms with E-state index in [9.17, 15) is 0 Å². The van der Waals surface area contributed by atoms with E-state index in [1.165, 1.54) is 18.5 Å². The summed E-state index contributed by atoms with van der Waals surface area (Å²) in [6.45, 7) is 3.89. The number of methoxy groups -OCH3 is 1. The van der Waals surface area contributed by atoms with Gasteiger partial charge in [0, 0.05) is 43.9 Å². The summed E-state index contributed by atoms with van der Waals surface area (Å²) < 4.78 is 5.39. The molecule has 0 atom stereocenters. The van der Waals surface area contributed by atoms with Gasteiger partial charge in [0.05, 0.1) is 13.3 Å². The van der Waals surface area contributed by atoms with E-state index < -0.39 is 0 Å². The van der Waals surface area contributed by atoms with E-state index in [1.807, 2.05) is 0 Å². The van der Waals surface area contributed by atoms with Gasteiger partial charge in [0.1, 0.15) is 0 Å². The fourth-order valence-electron chi connectivity index (χ4n) is 2.88. The minimum absolute atomic E-state index is 0.615. The van der Waals surface area contributed by atoms with Crippen molar-refractivity contribution in [2.75, 3.05) is 50.6 Å². The van der Waals surface area contributed by atoms with Crippen LogP contribution >= 0.6 is 0 Å². The first-order valence-corrected chi connectivity index (χ1v) is 8.40. The predicted octanol–water partition coefficient (Wildman–Crippen LogP) is 1.58. The van der Waals surface area contributed by atoms with Crippen LogP contribution < -0.4 is 15.0 Å². The lowest BCUT2D eigenvalue weighted by Gasteiger charge is -2.32. The van der Waals surface area contributed by atoms with Gasteiger partial charge in [0.2, 0.25) is 5.95 Å². The van der Waals surface area contributed by atoms with Gasteiger partial charge in [-0.2, -0.15) is 10.1 Å². The molecule has 4 rings (SSSR count). The van der Waals surface area contributed by atoms with Crippen molar-refractivity contribution in [2.45, 2.75) is 18.8 Å². The number of hydrogen-bond donors (Lipinski definition) is 2. The lowest BCUT2D eigenvalue weighted by Crippen LogP contribution is -2.45. The summed E-state index contributed by atoms with van der Waals surface area (Å²) >= 11 is 0. The Morgan fingerprint density at radius 3 is 2.75 bits per heavy atom. The molecule has 0 unspecified atom stereocenters. The van der Waals surface area contributed by atoms with Crippen LogP contribution in [0, 0.1) is 0 Å². The molecule has 2 aromatic heterocycles. The van der Waals surface area contributed by atoms with Crippen molar-refractivity contribution in [2.24, 2.45) is 0 Å². The summed E-state index contributed by atoms with van der Waals surface area (Å²) in [5, 5.41) is 10.7. The Morgan fingerprint density at radius 1 is 1.25 bits per heavy atom. The van der Waals surface area contributed by atoms with E-state index in [1.54, 1.807) is 13.3 Å². The van der Waals surface area contributed by atoms with Crippen LogP contribution in [-0.2, 0) is 0 Å². The van der Waals surface area contributed by atoms with Crippen molar-refractivity contribution in [1.82, 2.24) is 25.1 Å². The van der Waals surface area contributed by atoms with Crippen molar-refractivity contribution in [3.05, 3.63) is 18.0 Å². The minimum Gasteiger partial charge on any atom is -0.491 e. The van der Waals surface area contributed by atoms with Crippen molar-refractivity contribution < 1.29 is 4.74 Å². The van der Waals surface area contributed by atoms with Crippen LogP contribution in [0.15, 0.2) is 12.3 Å².